The van der Waals surface area contributed by atoms with Gasteiger partial charge >= 0.3 is 6.36 Å². The lowest BCUT2D eigenvalue weighted by Crippen LogP contribution is -2.52. The number of hydrogen-bond donors (Lipinski definition) is 2. The minimum atomic E-state index is -4.83. The van der Waals surface area contributed by atoms with Crippen molar-refractivity contribution in [2.24, 2.45) is 5.41 Å². The Hall–Kier alpha value is -2.88. The van der Waals surface area contributed by atoms with Crippen LogP contribution in [0.25, 0.3) is 0 Å². The monoisotopic (exact) mass is 552 g/mol. The average molecular weight is 553 g/mol. The maximum atomic E-state index is 13.1. The van der Waals surface area contributed by atoms with Gasteiger partial charge in [0.1, 0.15) is 17.2 Å². The Balaban J connectivity index is 1.72. The highest BCUT2D eigenvalue weighted by atomic mass is 32.2. The lowest BCUT2D eigenvalue weighted by molar-refractivity contribution is -0.274. The molecule has 0 unspecified atom stereocenters. The topological polar surface area (TPSA) is 139 Å². The maximum Gasteiger partial charge on any atom is 0.573 e. The molecule has 1 aliphatic heterocycles. The lowest BCUT2D eigenvalue weighted by Gasteiger charge is -2.38. The van der Waals surface area contributed by atoms with Crippen LogP contribution in [-0.4, -0.2) is 63.7 Å². The van der Waals surface area contributed by atoms with Crippen LogP contribution in [-0.2, 0) is 24.7 Å². The van der Waals surface area contributed by atoms with Crippen LogP contribution >= 0.6 is 0 Å². The van der Waals surface area contributed by atoms with E-state index >= 15 is 0 Å². The maximum absolute atomic E-state index is 13.1. The summed E-state index contributed by atoms with van der Waals surface area (Å²) in [4.78, 5) is 12.3. The van der Waals surface area contributed by atoms with E-state index < -0.39 is 49.0 Å². The van der Waals surface area contributed by atoms with Crippen molar-refractivity contribution in [3.8, 4) is 17.2 Å². The van der Waals surface area contributed by atoms with Crippen LogP contribution in [0.3, 0.4) is 0 Å². The number of nitrogens with one attached hydrogen (secondary N) is 1. The third-order valence-corrected chi connectivity index (χ3v) is 8.90. The van der Waals surface area contributed by atoms with Crippen molar-refractivity contribution in [3.05, 3.63) is 48.5 Å². The van der Waals surface area contributed by atoms with Crippen molar-refractivity contribution in [1.82, 2.24) is 9.79 Å². The van der Waals surface area contributed by atoms with Crippen molar-refractivity contribution < 1.29 is 49.5 Å². The number of carbonyl (C=O) groups is 1. The van der Waals surface area contributed by atoms with Crippen molar-refractivity contribution in [2.75, 3.05) is 25.1 Å². The molecule has 1 amide bonds. The first-order valence-electron chi connectivity index (χ1n) is 10.4. The minimum absolute atomic E-state index is 0.0820. The van der Waals surface area contributed by atoms with Crippen LogP contribution in [0.5, 0.6) is 17.2 Å². The lowest BCUT2D eigenvalue weighted by atomic mass is 9.80. The smallest absolute Gasteiger partial charge is 0.457 e. The Kier molecular flexibility index (Phi) is 7.88. The van der Waals surface area contributed by atoms with E-state index in [0.717, 1.165) is 22.7 Å². The Bertz CT molecular complexity index is 1290. The van der Waals surface area contributed by atoms with E-state index in [1.165, 1.54) is 41.9 Å². The number of benzene rings is 2. The van der Waals surface area contributed by atoms with Gasteiger partial charge in [-0.1, -0.05) is 0 Å². The summed E-state index contributed by atoms with van der Waals surface area (Å²) in [5.41, 5.74) is -0.0443. The van der Waals surface area contributed by atoms with E-state index in [1.807, 2.05) is 0 Å². The van der Waals surface area contributed by atoms with Gasteiger partial charge in [0.15, 0.2) is 9.84 Å². The Labute approximate surface area is 205 Å². The van der Waals surface area contributed by atoms with Crippen molar-refractivity contribution in [3.63, 3.8) is 0 Å². The number of nitrogens with zero attached hydrogens (tertiary/aromatic N) is 1. The molecule has 0 saturated carbocycles. The van der Waals surface area contributed by atoms with E-state index in [0.29, 0.717) is 0 Å². The predicted octanol–water partition coefficient (Wildman–Crippen LogP) is 2.70. The number of piperidine rings is 1. The van der Waals surface area contributed by atoms with Crippen molar-refractivity contribution in [1.29, 1.82) is 0 Å². The first-order valence-corrected chi connectivity index (χ1v) is 13.9. The summed E-state index contributed by atoms with van der Waals surface area (Å²) < 4.78 is 96.9. The van der Waals surface area contributed by atoms with Crippen LogP contribution in [0.4, 0.5) is 13.2 Å². The molecule has 0 atom stereocenters. The average Bonchev–Trinajstić information content (AvgIpc) is 2.78. The minimum Gasteiger partial charge on any atom is -0.457 e. The molecule has 15 heteroatoms. The van der Waals surface area contributed by atoms with Gasteiger partial charge in [-0.2, -0.15) is 0 Å². The van der Waals surface area contributed by atoms with Crippen molar-refractivity contribution in [2.45, 2.75) is 24.1 Å². The van der Waals surface area contributed by atoms with Crippen LogP contribution in [0, 0.1) is 5.41 Å². The summed E-state index contributed by atoms with van der Waals surface area (Å²) in [6.07, 6.45) is -4.04. The molecule has 3 rings (SSSR count). The van der Waals surface area contributed by atoms with E-state index in [4.69, 9.17) is 4.74 Å². The fourth-order valence-electron chi connectivity index (χ4n) is 3.81. The second-order valence-corrected chi connectivity index (χ2v) is 12.2. The van der Waals surface area contributed by atoms with Crippen LogP contribution in [0.15, 0.2) is 53.4 Å². The zero-order chi connectivity index (χ0) is 26.8. The molecule has 0 spiro atoms. The number of carbonyl (C=O) groups excluding carboxylic acids is 1. The van der Waals surface area contributed by atoms with Gasteiger partial charge in [-0.05, 0) is 61.4 Å². The first kappa shape index (κ1) is 27.7. The number of amides is 1. The van der Waals surface area contributed by atoms with E-state index in [1.54, 1.807) is 0 Å². The molecule has 2 aromatic carbocycles. The second kappa shape index (κ2) is 10.2. The van der Waals surface area contributed by atoms with E-state index in [2.05, 4.69) is 4.74 Å². The van der Waals surface area contributed by atoms with Gasteiger partial charge in [0.2, 0.25) is 10.0 Å². The SMILES string of the molecule is CS(=O)(=O)N1CCC(CS(=O)(=O)c2ccc(Oc3ccc(OC(F)(F)F)cc3)cc2)(C(=O)NO)CC1. The number of halogens is 3. The van der Waals surface area contributed by atoms with Gasteiger partial charge in [-0.3, -0.25) is 10.0 Å². The Morgan fingerprint density at radius 3 is 1.89 bits per heavy atom. The molecule has 36 heavy (non-hydrogen) atoms. The van der Waals surface area contributed by atoms with E-state index in [-0.39, 0.29) is 42.3 Å². The van der Waals surface area contributed by atoms with Gasteiger partial charge in [-0.15, -0.1) is 13.2 Å². The number of rotatable bonds is 8. The van der Waals surface area contributed by atoms with E-state index in [9.17, 15) is 40.0 Å². The largest absolute Gasteiger partial charge is 0.573 e. The zero-order valence-corrected chi connectivity index (χ0v) is 20.5. The molecule has 2 N–H and O–H groups in total. The van der Waals surface area contributed by atoms with Crippen LogP contribution in [0.2, 0.25) is 0 Å². The number of sulfonamides is 1. The standard InChI is InChI=1S/C21H23F3N2O8S2/c1-35(29,30)26-12-10-20(11-13-26,19(27)25-28)14-36(31,32)18-8-6-16(7-9-18)33-15-2-4-17(5-3-15)34-21(22,23)24/h2-9,28H,10-14H2,1H3,(H,25,27). The summed E-state index contributed by atoms with van der Waals surface area (Å²) in [6, 6.07) is 9.74. The molecule has 1 saturated heterocycles. The summed E-state index contributed by atoms with van der Waals surface area (Å²) in [5.74, 6) is -1.64. The Morgan fingerprint density at radius 2 is 1.44 bits per heavy atom. The normalized spacial score (nSPS) is 16.8. The summed E-state index contributed by atoms with van der Waals surface area (Å²) in [5, 5.41) is 9.19. The molecule has 198 valence electrons. The number of hydrogen-bond acceptors (Lipinski definition) is 8. The zero-order valence-electron chi connectivity index (χ0n) is 18.9. The number of ether oxygens (including phenoxy) is 2. The molecule has 0 radical (unpaired) electrons. The number of hydroxylamine groups is 1. The second-order valence-electron chi connectivity index (χ2n) is 8.24. The molecule has 2 aromatic rings. The van der Waals surface area contributed by atoms with Gasteiger partial charge < -0.3 is 9.47 Å². The molecule has 0 bridgehead atoms. The third-order valence-electron chi connectivity index (χ3n) is 5.67. The summed E-state index contributed by atoms with van der Waals surface area (Å²) in [7, 11) is -7.58. The summed E-state index contributed by atoms with van der Waals surface area (Å²) in [6.45, 7) is -0.164. The molecule has 10 nitrogen and oxygen atoms in total. The molecular weight excluding hydrogens is 529 g/mol. The molecule has 1 heterocycles. The van der Waals surface area contributed by atoms with Crippen LogP contribution in [0.1, 0.15) is 12.8 Å². The number of alkyl halides is 3. The van der Waals surface area contributed by atoms with Gasteiger partial charge in [0.05, 0.1) is 22.3 Å². The molecule has 1 aliphatic rings. The Morgan fingerprint density at radius 1 is 0.972 bits per heavy atom. The first-order chi connectivity index (χ1) is 16.6. The summed E-state index contributed by atoms with van der Waals surface area (Å²) >= 11 is 0. The molecule has 0 aromatic heterocycles. The quantitative estimate of drug-likeness (QED) is 0.377. The fourth-order valence-corrected chi connectivity index (χ4v) is 6.52. The molecule has 0 aliphatic carbocycles. The highest BCUT2D eigenvalue weighted by Gasteiger charge is 2.46. The van der Waals surface area contributed by atoms with Gasteiger partial charge in [-0.25, -0.2) is 26.6 Å². The molecule has 1 fully saturated rings. The predicted molar refractivity (Wildman–Crippen MR) is 120 cm³/mol. The van der Waals surface area contributed by atoms with Crippen molar-refractivity contribution >= 4 is 25.8 Å². The number of sulfone groups is 1. The molecular formula is C21H23F3N2O8S2. The van der Waals surface area contributed by atoms with Gasteiger partial charge in [0.25, 0.3) is 5.91 Å². The highest BCUT2D eigenvalue weighted by molar-refractivity contribution is 7.91. The highest BCUT2D eigenvalue weighted by Crippen LogP contribution is 2.36. The van der Waals surface area contributed by atoms with Crippen LogP contribution < -0.4 is 15.0 Å². The third kappa shape index (κ3) is 6.87. The fraction of sp³-hybridized carbons (Fsp3) is 0.381. The van der Waals surface area contributed by atoms with Gasteiger partial charge in [0, 0.05) is 13.1 Å².